The van der Waals surface area contributed by atoms with E-state index in [0.29, 0.717) is 17.4 Å². The Labute approximate surface area is 458 Å². The highest BCUT2D eigenvalue weighted by molar-refractivity contribution is 7.47. The number of hydrogen-bond acceptors (Lipinski definition) is 6. The summed E-state index contributed by atoms with van der Waals surface area (Å²) in [7, 11) is 1.49. The predicted octanol–water partition coefficient (Wildman–Crippen LogP) is 19.1. The Morgan fingerprint density at radius 1 is 0.486 bits per heavy atom. The van der Waals surface area contributed by atoms with Crippen molar-refractivity contribution in [3.8, 4) is 0 Å². The Kier molecular flexibility index (Phi) is 52.4. The standard InChI is InChI=1S/C64H119N2O7P/c1-7-10-13-16-19-22-25-28-30-31-32-33-34-35-37-38-41-44-47-50-53-56-63(67)65-61(60-72-74(69,70)71-59-58-66(4,5)6)62(55-52-49-46-43-40-27-24-21-18-15-12-9-3)73-64(68)57-54-51-48-45-42-39-36-29-26-23-20-17-14-11-8-2/h19-20,22-23,26,28-30,52,55,61-62H,7-18,21,24-25,27,31-51,53-54,56-60H2,1-6H3,(H-,65,67,69,70)/p+1/b22-19-,23-20+,29-26+,30-28-,55-52-. The number of carbonyl (C=O) groups excluding carboxylic acids is 2. The van der Waals surface area contributed by atoms with Crippen molar-refractivity contribution in [3.05, 3.63) is 60.8 Å². The number of phosphoric ester groups is 1. The summed E-state index contributed by atoms with van der Waals surface area (Å²) in [6.45, 7) is 6.96. The average Bonchev–Trinajstić information content (AvgIpc) is 3.36. The van der Waals surface area contributed by atoms with Crippen LogP contribution in [0.4, 0.5) is 0 Å². The molecule has 3 atom stereocenters. The van der Waals surface area contributed by atoms with Crippen molar-refractivity contribution in [1.29, 1.82) is 0 Å². The van der Waals surface area contributed by atoms with Crippen LogP contribution < -0.4 is 5.32 Å². The summed E-state index contributed by atoms with van der Waals surface area (Å²) in [5, 5.41) is 3.05. The van der Waals surface area contributed by atoms with E-state index in [4.69, 9.17) is 13.8 Å². The van der Waals surface area contributed by atoms with Gasteiger partial charge in [-0.25, -0.2) is 4.57 Å². The third-order valence-electron chi connectivity index (χ3n) is 13.7. The number of allylic oxidation sites excluding steroid dienone is 9. The fraction of sp³-hybridized carbons (Fsp3) is 0.812. The third kappa shape index (κ3) is 54.5. The van der Waals surface area contributed by atoms with Gasteiger partial charge in [-0.2, -0.15) is 0 Å². The SMILES string of the molecule is CCCCC/C=C\C/C=C\CCCCCCCCCCCCCC(=O)NC(COP(=O)(O)OCC[N+](C)(C)C)C(/C=C\CCCCCCCCCCCC)OC(=O)CCCCCCCC/C=C/C=C/CCCCC. The number of unbranched alkanes of at least 4 members (excludes halogenated alkanes) is 33. The first-order valence-corrected chi connectivity index (χ1v) is 32.6. The van der Waals surface area contributed by atoms with E-state index in [1.54, 1.807) is 0 Å². The third-order valence-corrected chi connectivity index (χ3v) is 14.7. The lowest BCUT2D eigenvalue weighted by atomic mass is 10.0. The summed E-state index contributed by atoms with van der Waals surface area (Å²) in [6.07, 6.45) is 67.8. The van der Waals surface area contributed by atoms with Crippen LogP contribution in [-0.2, 0) is 27.9 Å². The molecule has 9 nitrogen and oxygen atoms in total. The number of quaternary nitrogens is 1. The van der Waals surface area contributed by atoms with Gasteiger partial charge in [0.05, 0.1) is 33.8 Å². The zero-order chi connectivity index (χ0) is 54.3. The number of esters is 1. The molecule has 0 aliphatic heterocycles. The van der Waals surface area contributed by atoms with E-state index in [-0.39, 0.29) is 31.5 Å². The van der Waals surface area contributed by atoms with Gasteiger partial charge in [0, 0.05) is 12.8 Å². The van der Waals surface area contributed by atoms with Gasteiger partial charge >= 0.3 is 13.8 Å². The summed E-state index contributed by atoms with van der Waals surface area (Å²) in [5.74, 6) is -0.516. The first-order chi connectivity index (χ1) is 35.9. The molecule has 432 valence electrons. The van der Waals surface area contributed by atoms with Crippen LogP contribution in [0.1, 0.15) is 284 Å². The largest absolute Gasteiger partial charge is 0.472 e. The average molecular weight is 1060 g/mol. The Bertz CT molecular complexity index is 1450. The lowest BCUT2D eigenvalue weighted by Gasteiger charge is -2.27. The van der Waals surface area contributed by atoms with Crippen molar-refractivity contribution in [2.75, 3.05) is 40.9 Å². The number of ether oxygens (including phenoxy) is 1. The van der Waals surface area contributed by atoms with Gasteiger partial charge in [-0.15, -0.1) is 0 Å². The Hall–Kier alpha value is -2.29. The minimum atomic E-state index is -4.45. The highest BCUT2D eigenvalue weighted by Gasteiger charge is 2.30. The molecular formula is C64H120N2O7P+. The van der Waals surface area contributed by atoms with Gasteiger partial charge in [0.2, 0.25) is 5.91 Å². The highest BCUT2D eigenvalue weighted by Crippen LogP contribution is 2.43. The van der Waals surface area contributed by atoms with Gasteiger partial charge in [0.25, 0.3) is 0 Å². The van der Waals surface area contributed by atoms with E-state index >= 15 is 0 Å². The van der Waals surface area contributed by atoms with Crippen LogP contribution in [0.3, 0.4) is 0 Å². The van der Waals surface area contributed by atoms with Crippen molar-refractivity contribution in [3.63, 3.8) is 0 Å². The molecule has 1 amide bonds. The van der Waals surface area contributed by atoms with Crippen molar-refractivity contribution in [1.82, 2.24) is 5.32 Å². The van der Waals surface area contributed by atoms with E-state index in [9.17, 15) is 19.0 Å². The second-order valence-electron chi connectivity index (χ2n) is 22.3. The minimum Gasteiger partial charge on any atom is -0.456 e. The van der Waals surface area contributed by atoms with E-state index in [1.165, 1.54) is 167 Å². The van der Waals surface area contributed by atoms with E-state index in [0.717, 1.165) is 83.5 Å². The molecule has 0 aromatic carbocycles. The quantitative estimate of drug-likeness (QED) is 0.0156. The first-order valence-electron chi connectivity index (χ1n) is 31.1. The molecule has 10 heteroatoms. The zero-order valence-corrected chi connectivity index (χ0v) is 50.2. The fourth-order valence-electron chi connectivity index (χ4n) is 8.84. The maximum atomic E-state index is 13.5. The summed E-state index contributed by atoms with van der Waals surface area (Å²) in [4.78, 5) is 37.7. The van der Waals surface area contributed by atoms with Crippen molar-refractivity contribution in [2.24, 2.45) is 0 Å². The maximum absolute atomic E-state index is 13.5. The number of carbonyl (C=O) groups is 2. The lowest BCUT2D eigenvalue weighted by Crippen LogP contribution is -2.47. The molecule has 0 rings (SSSR count). The molecule has 0 saturated heterocycles. The summed E-state index contributed by atoms with van der Waals surface area (Å²) in [6, 6.07) is -0.854. The monoisotopic (exact) mass is 1060 g/mol. The van der Waals surface area contributed by atoms with Gasteiger partial charge in [-0.05, 0) is 89.5 Å². The minimum absolute atomic E-state index is 0.0370. The van der Waals surface area contributed by atoms with Gasteiger partial charge in [0.1, 0.15) is 19.3 Å². The number of likely N-dealkylation sites (N-methyl/N-ethyl adjacent to an activating group) is 1. The normalized spacial score (nSPS) is 14.1. The molecule has 3 unspecified atom stereocenters. The summed E-state index contributed by atoms with van der Waals surface area (Å²) >= 11 is 0. The van der Waals surface area contributed by atoms with Crippen molar-refractivity contribution < 1.29 is 37.3 Å². The smallest absolute Gasteiger partial charge is 0.456 e. The van der Waals surface area contributed by atoms with Gasteiger partial charge in [0.15, 0.2) is 0 Å². The van der Waals surface area contributed by atoms with E-state index in [1.807, 2.05) is 33.3 Å². The van der Waals surface area contributed by atoms with Crippen LogP contribution in [0.25, 0.3) is 0 Å². The number of nitrogens with zero attached hydrogens (tertiary/aromatic N) is 1. The molecule has 0 fully saturated rings. The van der Waals surface area contributed by atoms with Gasteiger partial charge in [-0.1, -0.05) is 242 Å². The van der Waals surface area contributed by atoms with E-state index in [2.05, 4.69) is 74.7 Å². The number of phosphoric acid groups is 1. The van der Waals surface area contributed by atoms with Gasteiger partial charge in [-0.3, -0.25) is 18.6 Å². The van der Waals surface area contributed by atoms with Crippen LogP contribution in [-0.4, -0.2) is 74.3 Å². The summed E-state index contributed by atoms with van der Waals surface area (Å²) < 4.78 is 30.7. The van der Waals surface area contributed by atoms with Crippen molar-refractivity contribution in [2.45, 2.75) is 296 Å². The highest BCUT2D eigenvalue weighted by atomic mass is 31.2. The predicted molar refractivity (Wildman–Crippen MR) is 318 cm³/mol. The second-order valence-corrected chi connectivity index (χ2v) is 23.7. The van der Waals surface area contributed by atoms with Gasteiger partial charge < -0.3 is 19.4 Å². The molecule has 74 heavy (non-hydrogen) atoms. The van der Waals surface area contributed by atoms with Crippen LogP contribution >= 0.6 is 7.82 Å². The number of hydrogen-bond donors (Lipinski definition) is 2. The molecule has 0 heterocycles. The Morgan fingerprint density at radius 3 is 1.32 bits per heavy atom. The zero-order valence-electron chi connectivity index (χ0n) is 49.3. The fourth-order valence-corrected chi connectivity index (χ4v) is 9.58. The number of nitrogens with one attached hydrogen (secondary N) is 1. The number of amides is 1. The molecule has 0 aliphatic rings. The van der Waals surface area contributed by atoms with Crippen LogP contribution in [0.2, 0.25) is 0 Å². The molecule has 0 aromatic heterocycles. The molecule has 0 bridgehead atoms. The molecule has 0 radical (unpaired) electrons. The van der Waals surface area contributed by atoms with Crippen LogP contribution in [0.5, 0.6) is 0 Å². The molecular weight excluding hydrogens is 940 g/mol. The lowest BCUT2D eigenvalue weighted by molar-refractivity contribution is -0.870. The molecule has 0 aliphatic carbocycles. The topological polar surface area (TPSA) is 111 Å². The van der Waals surface area contributed by atoms with Crippen LogP contribution in [0.15, 0.2) is 60.8 Å². The maximum Gasteiger partial charge on any atom is 0.472 e. The molecule has 2 N–H and O–H groups in total. The van der Waals surface area contributed by atoms with Crippen molar-refractivity contribution >= 4 is 19.7 Å². The van der Waals surface area contributed by atoms with Crippen LogP contribution in [0, 0.1) is 0 Å². The second kappa shape index (κ2) is 54.1. The molecule has 0 aromatic rings. The Morgan fingerprint density at radius 2 is 0.865 bits per heavy atom. The van der Waals surface area contributed by atoms with E-state index < -0.39 is 20.0 Å². The molecule has 0 saturated carbocycles. The summed E-state index contributed by atoms with van der Waals surface area (Å²) in [5.41, 5.74) is 0. The molecule has 0 spiro atoms. The first kappa shape index (κ1) is 71.7. The number of rotatable bonds is 56. The Balaban J connectivity index is 5.23.